The summed E-state index contributed by atoms with van der Waals surface area (Å²) in [6.45, 7) is 8.58. The summed E-state index contributed by atoms with van der Waals surface area (Å²) in [6.07, 6.45) is 4.13. The van der Waals surface area contributed by atoms with E-state index in [1.807, 2.05) is 30.5 Å². The monoisotopic (exact) mass is 599 g/mol. The van der Waals surface area contributed by atoms with Crippen molar-refractivity contribution in [2.24, 2.45) is 0 Å². The van der Waals surface area contributed by atoms with Gasteiger partial charge < -0.3 is 4.74 Å². The van der Waals surface area contributed by atoms with Gasteiger partial charge >= 0.3 is 0 Å². The number of benzene rings is 5. The summed E-state index contributed by atoms with van der Waals surface area (Å²) in [6, 6.07) is 39.8. The Morgan fingerprint density at radius 1 is 0.522 bits per heavy atom. The second-order valence-electron chi connectivity index (χ2n) is 11.9. The van der Waals surface area contributed by atoms with Crippen molar-refractivity contribution in [3.05, 3.63) is 150 Å². The smallest absolute Gasteiger partial charge is 0.238 e. The number of aryl methyl sites for hydroxylation is 4. The van der Waals surface area contributed by atoms with Crippen molar-refractivity contribution >= 4 is 17.3 Å². The summed E-state index contributed by atoms with van der Waals surface area (Å²) >= 11 is 0. The summed E-state index contributed by atoms with van der Waals surface area (Å²) in [5.41, 5.74) is 11.6. The van der Waals surface area contributed by atoms with Crippen molar-refractivity contribution in [1.29, 1.82) is 0 Å². The highest BCUT2D eigenvalue weighted by atomic mass is 16.5. The van der Waals surface area contributed by atoms with Crippen LogP contribution in [0, 0.1) is 27.7 Å². The van der Waals surface area contributed by atoms with Crippen LogP contribution in [0.4, 0.5) is 17.3 Å². The lowest BCUT2D eigenvalue weighted by Gasteiger charge is -2.26. The zero-order chi connectivity index (χ0) is 31.4. The summed E-state index contributed by atoms with van der Waals surface area (Å²) in [5, 5.41) is 0. The Morgan fingerprint density at radius 2 is 1.13 bits per heavy atom. The van der Waals surface area contributed by atoms with Gasteiger partial charge in [-0.25, -0.2) is 4.98 Å². The van der Waals surface area contributed by atoms with E-state index >= 15 is 0 Å². The van der Waals surface area contributed by atoms with Crippen LogP contribution in [-0.2, 0) is 0 Å². The normalized spacial score (nSPS) is 12.0. The number of ether oxygens (including phenoxy) is 1. The molecule has 0 unspecified atom stereocenters. The van der Waals surface area contributed by atoms with Crippen LogP contribution in [0.2, 0.25) is 0 Å². The largest absolute Gasteiger partial charge is 0.437 e. The van der Waals surface area contributed by atoms with E-state index in [-0.39, 0.29) is 0 Å². The van der Waals surface area contributed by atoms with E-state index in [1.54, 1.807) is 0 Å². The van der Waals surface area contributed by atoms with Gasteiger partial charge in [-0.2, -0.15) is 4.98 Å². The predicted molar refractivity (Wildman–Crippen MR) is 185 cm³/mol. The van der Waals surface area contributed by atoms with Crippen molar-refractivity contribution in [3.63, 3.8) is 0 Å². The van der Waals surface area contributed by atoms with Gasteiger partial charge in [-0.1, -0.05) is 78.9 Å². The lowest BCUT2D eigenvalue weighted by Crippen LogP contribution is -2.16. The van der Waals surface area contributed by atoms with Crippen molar-refractivity contribution in [3.8, 4) is 45.6 Å². The molecule has 0 saturated heterocycles. The number of hydrogen-bond donors (Lipinski definition) is 0. The maximum absolute atomic E-state index is 6.47. The summed E-state index contributed by atoms with van der Waals surface area (Å²) < 4.78 is 10.9. The molecule has 8 bridgehead atoms. The van der Waals surface area contributed by atoms with Crippen LogP contribution in [-0.4, -0.2) is 19.1 Å². The molecule has 7 aromatic rings. The molecule has 0 aliphatic carbocycles. The summed E-state index contributed by atoms with van der Waals surface area (Å²) in [4.78, 5) is 12.7. The molecule has 0 spiro atoms. The molecule has 6 heteroatoms. The molecule has 1 aliphatic rings. The van der Waals surface area contributed by atoms with Crippen LogP contribution in [0.3, 0.4) is 0 Å². The predicted octanol–water partition coefficient (Wildman–Crippen LogP) is 10.2. The fourth-order valence-corrected chi connectivity index (χ4v) is 6.57. The Bertz CT molecular complexity index is 2200. The number of rotatable bonds is 3. The molecule has 0 atom stereocenters. The SMILES string of the molecule is Cc1cccc(C)c1-n1cc2nc1-c1cccc(c1)N(c1ccccc1)c1nc(cn1-c1c(C)cccc1C)-c1cccc(c1)O2. The zero-order valence-corrected chi connectivity index (χ0v) is 26.3. The molecule has 46 heavy (non-hydrogen) atoms. The van der Waals surface area contributed by atoms with Gasteiger partial charge in [0.1, 0.15) is 11.6 Å². The Labute approximate surface area is 268 Å². The van der Waals surface area contributed by atoms with Gasteiger partial charge in [-0.3, -0.25) is 14.0 Å². The van der Waals surface area contributed by atoms with Gasteiger partial charge in [0.25, 0.3) is 0 Å². The van der Waals surface area contributed by atoms with E-state index in [4.69, 9.17) is 14.7 Å². The standard InChI is InChI=1S/C40H33N5O/c1-26-12-8-13-27(2)37(26)43-25-36-42-39(43)31-17-10-20-33(22-31)45(32-18-6-5-7-19-32)40-41-35(30-16-11-21-34(23-30)46-36)24-44(40)38-28(3)14-9-15-29(38)4/h5-25H,1-4H3. The first kappa shape index (κ1) is 27.7. The molecule has 0 amide bonds. The second-order valence-corrected chi connectivity index (χ2v) is 11.9. The van der Waals surface area contributed by atoms with Gasteiger partial charge in [0.05, 0.1) is 23.3 Å². The van der Waals surface area contributed by atoms with Crippen LogP contribution in [0.15, 0.2) is 128 Å². The third kappa shape index (κ3) is 4.66. The highest BCUT2D eigenvalue weighted by Crippen LogP contribution is 2.41. The minimum Gasteiger partial charge on any atom is -0.437 e. The number of fused-ring (bicyclic) bond motifs is 10. The Morgan fingerprint density at radius 3 is 1.85 bits per heavy atom. The van der Waals surface area contributed by atoms with E-state index in [2.05, 4.69) is 139 Å². The van der Waals surface area contributed by atoms with Gasteiger partial charge in [0.2, 0.25) is 11.8 Å². The van der Waals surface area contributed by atoms with Crippen LogP contribution in [0.5, 0.6) is 11.6 Å². The molecule has 0 saturated carbocycles. The van der Waals surface area contributed by atoms with Gasteiger partial charge in [-0.15, -0.1) is 0 Å². The maximum atomic E-state index is 6.47. The first-order valence-electron chi connectivity index (χ1n) is 15.5. The second kappa shape index (κ2) is 10.9. The molecule has 3 heterocycles. The van der Waals surface area contributed by atoms with E-state index in [0.717, 1.165) is 62.5 Å². The average Bonchev–Trinajstić information content (AvgIpc) is 3.67. The topological polar surface area (TPSA) is 48.1 Å². The van der Waals surface area contributed by atoms with E-state index in [0.29, 0.717) is 11.6 Å². The summed E-state index contributed by atoms with van der Waals surface area (Å²) in [5.74, 6) is 2.82. The molecular weight excluding hydrogens is 566 g/mol. The Balaban J connectivity index is 1.45. The number of hydrogen-bond acceptors (Lipinski definition) is 4. The zero-order valence-electron chi connectivity index (χ0n) is 26.3. The van der Waals surface area contributed by atoms with E-state index < -0.39 is 0 Å². The molecule has 224 valence electrons. The highest BCUT2D eigenvalue weighted by molar-refractivity contribution is 5.79. The lowest BCUT2D eigenvalue weighted by atomic mass is 10.1. The lowest BCUT2D eigenvalue weighted by molar-refractivity contribution is 0.466. The fraction of sp³-hybridized carbons (Fsp3) is 0.100. The summed E-state index contributed by atoms with van der Waals surface area (Å²) in [7, 11) is 0. The third-order valence-corrected chi connectivity index (χ3v) is 8.66. The molecule has 0 radical (unpaired) electrons. The molecule has 6 nitrogen and oxygen atoms in total. The number of aromatic nitrogens is 4. The van der Waals surface area contributed by atoms with Crippen LogP contribution < -0.4 is 9.64 Å². The van der Waals surface area contributed by atoms with Crippen LogP contribution in [0.1, 0.15) is 22.3 Å². The Hall–Kier alpha value is -5.88. The van der Waals surface area contributed by atoms with Crippen LogP contribution >= 0.6 is 0 Å². The van der Waals surface area contributed by atoms with E-state index in [1.165, 1.54) is 11.1 Å². The molecule has 5 aromatic carbocycles. The number of para-hydroxylation sites is 3. The number of imidazole rings is 2. The molecule has 8 rings (SSSR count). The molecule has 0 fully saturated rings. The highest BCUT2D eigenvalue weighted by Gasteiger charge is 2.25. The molecule has 0 N–H and O–H groups in total. The van der Waals surface area contributed by atoms with Crippen molar-refractivity contribution in [2.75, 3.05) is 4.90 Å². The van der Waals surface area contributed by atoms with E-state index in [9.17, 15) is 0 Å². The fourth-order valence-electron chi connectivity index (χ4n) is 6.57. The maximum Gasteiger partial charge on any atom is 0.238 e. The molecular formula is C40H33N5O. The minimum absolute atomic E-state index is 0.527. The molecule has 1 aliphatic heterocycles. The molecule has 2 aromatic heterocycles. The van der Waals surface area contributed by atoms with Gasteiger partial charge in [-0.05, 0) is 86.3 Å². The van der Waals surface area contributed by atoms with Gasteiger partial charge in [0, 0.05) is 28.7 Å². The van der Waals surface area contributed by atoms with Crippen molar-refractivity contribution in [2.45, 2.75) is 27.7 Å². The van der Waals surface area contributed by atoms with Crippen molar-refractivity contribution in [1.82, 2.24) is 19.1 Å². The van der Waals surface area contributed by atoms with Crippen LogP contribution in [0.25, 0.3) is 34.0 Å². The number of anilines is 3. The first-order chi connectivity index (χ1) is 22.4. The first-order valence-corrected chi connectivity index (χ1v) is 15.5. The van der Waals surface area contributed by atoms with Gasteiger partial charge in [0.15, 0.2) is 0 Å². The third-order valence-electron chi connectivity index (χ3n) is 8.66. The quantitative estimate of drug-likeness (QED) is 0.203. The number of nitrogens with zero attached hydrogens (tertiary/aromatic N) is 5. The Kier molecular flexibility index (Phi) is 6.57. The average molecular weight is 600 g/mol. The minimum atomic E-state index is 0.527. The van der Waals surface area contributed by atoms with Crippen molar-refractivity contribution < 1.29 is 4.74 Å².